The van der Waals surface area contributed by atoms with E-state index in [4.69, 9.17) is 9.47 Å². The lowest BCUT2D eigenvalue weighted by Gasteiger charge is -2.25. The summed E-state index contributed by atoms with van der Waals surface area (Å²) in [4.78, 5) is 58.3. The van der Waals surface area contributed by atoms with Gasteiger partial charge in [-0.25, -0.2) is 9.78 Å². The Morgan fingerprint density at radius 1 is 1.03 bits per heavy atom. The number of esters is 1. The molecule has 0 spiro atoms. The van der Waals surface area contributed by atoms with Crippen molar-refractivity contribution in [2.75, 3.05) is 18.6 Å². The van der Waals surface area contributed by atoms with Gasteiger partial charge in [0, 0.05) is 5.56 Å². The first-order valence-electron chi connectivity index (χ1n) is 11.0. The van der Waals surface area contributed by atoms with Crippen LogP contribution in [0.5, 0.6) is 5.75 Å². The first kappa shape index (κ1) is 24.3. The highest BCUT2D eigenvalue weighted by molar-refractivity contribution is 7.17. The van der Waals surface area contributed by atoms with E-state index in [1.807, 2.05) is 6.92 Å². The predicted molar refractivity (Wildman–Crippen MR) is 130 cm³/mol. The van der Waals surface area contributed by atoms with E-state index in [1.165, 1.54) is 12.0 Å². The average Bonchev–Trinajstić information content (AvgIpc) is 3.36. The third kappa shape index (κ3) is 4.46. The molecular formula is C26H24N2O6S. The molecule has 1 saturated heterocycles. The first-order valence-corrected chi connectivity index (χ1v) is 11.8. The molecule has 2 heterocycles. The number of amides is 1. The van der Waals surface area contributed by atoms with E-state index >= 15 is 0 Å². The van der Waals surface area contributed by atoms with Gasteiger partial charge in [-0.05, 0) is 38.5 Å². The second-order valence-electron chi connectivity index (χ2n) is 8.10. The number of Topliss-reactive ketones (excluding diaryl/α,β-unsaturated/α-hetero) is 2. The number of hydrogen-bond acceptors (Lipinski definition) is 8. The van der Waals surface area contributed by atoms with Crippen molar-refractivity contribution in [1.29, 1.82) is 0 Å². The van der Waals surface area contributed by atoms with E-state index < -0.39 is 35.4 Å². The molecule has 0 radical (unpaired) electrons. The Bertz CT molecular complexity index is 1300. The van der Waals surface area contributed by atoms with Crippen LogP contribution in [-0.2, 0) is 14.3 Å². The van der Waals surface area contributed by atoms with Crippen LogP contribution in [-0.4, -0.2) is 42.1 Å². The van der Waals surface area contributed by atoms with Gasteiger partial charge in [0.2, 0.25) is 5.78 Å². The third-order valence-corrected chi connectivity index (χ3v) is 6.97. The third-order valence-electron chi connectivity index (χ3n) is 5.83. The number of carbonyl (C=O) groups excluding carboxylic acids is 4. The lowest BCUT2D eigenvalue weighted by atomic mass is 9.86. The van der Waals surface area contributed by atoms with Crippen LogP contribution < -0.4 is 9.64 Å². The van der Waals surface area contributed by atoms with Gasteiger partial charge in [0.1, 0.15) is 16.5 Å². The molecule has 2 atom stereocenters. The average molecular weight is 493 g/mol. The molecule has 1 aliphatic heterocycles. The Morgan fingerprint density at radius 3 is 2.29 bits per heavy atom. The van der Waals surface area contributed by atoms with Gasteiger partial charge in [0.25, 0.3) is 5.91 Å². The number of ketones is 2. The van der Waals surface area contributed by atoms with Crippen molar-refractivity contribution in [2.24, 2.45) is 5.92 Å². The Balaban J connectivity index is 1.83. The summed E-state index contributed by atoms with van der Waals surface area (Å²) in [6.07, 6.45) is 0. The maximum atomic E-state index is 13.5. The van der Waals surface area contributed by atoms with Crippen molar-refractivity contribution in [2.45, 2.75) is 26.8 Å². The van der Waals surface area contributed by atoms with Gasteiger partial charge in [-0.2, -0.15) is 0 Å². The second-order valence-corrected chi connectivity index (χ2v) is 9.07. The Kier molecular flexibility index (Phi) is 6.79. The second kappa shape index (κ2) is 9.79. The summed E-state index contributed by atoms with van der Waals surface area (Å²) < 4.78 is 10.3. The largest absolute Gasteiger partial charge is 0.497 e. The van der Waals surface area contributed by atoms with E-state index in [-0.39, 0.29) is 16.6 Å². The zero-order valence-corrected chi connectivity index (χ0v) is 20.5. The molecule has 0 N–H and O–H groups in total. The summed E-state index contributed by atoms with van der Waals surface area (Å²) in [6.45, 7) is 5.41. The minimum absolute atomic E-state index is 0.156. The summed E-state index contributed by atoms with van der Waals surface area (Å²) in [5, 5.41) is 0.156. The van der Waals surface area contributed by atoms with Crippen molar-refractivity contribution >= 4 is 39.9 Å². The smallest absolute Gasteiger partial charge is 0.350 e. The molecule has 0 aliphatic carbocycles. The minimum Gasteiger partial charge on any atom is -0.497 e. The van der Waals surface area contributed by atoms with Crippen molar-refractivity contribution in [3.05, 3.63) is 75.8 Å². The van der Waals surface area contributed by atoms with Gasteiger partial charge >= 0.3 is 5.97 Å². The van der Waals surface area contributed by atoms with Gasteiger partial charge in [-0.1, -0.05) is 53.3 Å². The molecule has 1 amide bonds. The summed E-state index contributed by atoms with van der Waals surface area (Å²) in [6, 6.07) is 12.8. The molecule has 0 bridgehead atoms. The topological polar surface area (TPSA) is 103 Å². The van der Waals surface area contributed by atoms with Crippen LogP contribution in [0.25, 0.3) is 0 Å². The lowest BCUT2D eigenvalue weighted by Crippen LogP contribution is -2.30. The summed E-state index contributed by atoms with van der Waals surface area (Å²) in [5.41, 5.74) is 2.25. The summed E-state index contributed by atoms with van der Waals surface area (Å²) in [7, 11) is 1.53. The quantitative estimate of drug-likeness (QED) is 0.212. The summed E-state index contributed by atoms with van der Waals surface area (Å²) >= 11 is 0.959. The van der Waals surface area contributed by atoms with E-state index in [1.54, 1.807) is 62.4 Å². The van der Waals surface area contributed by atoms with Crippen molar-refractivity contribution in [1.82, 2.24) is 4.98 Å². The zero-order valence-electron chi connectivity index (χ0n) is 19.7. The molecule has 2 aromatic carbocycles. The van der Waals surface area contributed by atoms with Crippen molar-refractivity contribution < 1.29 is 28.7 Å². The molecule has 9 heteroatoms. The Labute approximate surface area is 206 Å². The number of methoxy groups -OCH3 is 1. The standard InChI is InChI=1S/C26H24N2O6S/c1-5-34-25(32)23-15(3)27-26(35-23)28-20(16-10-12-18(33-4)13-11-16)19(22(30)24(28)31)21(29)17-8-6-14(2)7-9-17/h6-13,19-20H,5H2,1-4H3. The number of carbonyl (C=O) groups is 4. The Morgan fingerprint density at radius 2 is 1.69 bits per heavy atom. The normalized spacial score (nSPS) is 17.5. The maximum Gasteiger partial charge on any atom is 0.350 e. The highest BCUT2D eigenvalue weighted by atomic mass is 32.1. The van der Waals surface area contributed by atoms with Gasteiger partial charge < -0.3 is 9.47 Å². The Hall–Kier alpha value is -3.85. The molecule has 1 aliphatic rings. The molecule has 3 aromatic rings. The monoisotopic (exact) mass is 492 g/mol. The maximum absolute atomic E-state index is 13.5. The fraction of sp³-hybridized carbons (Fsp3) is 0.269. The molecule has 1 aromatic heterocycles. The van der Waals surface area contributed by atoms with Gasteiger partial charge in [-0.3, -0.25) is 19.3 Å². The minimum atomic E-state index is -1.27. The number of ether oxygens (including phenoxy) is 2. The van der Waals surface area contributed by atoms with Gasteiger partial charge in [0.05, 0.1) is 25.5 Å². The number of nitrogens with zero attached hydrogens (tertiary/aromatic N) is 2. The zero-order chi connectivity index (χ0) is 25.3. The van der Waals surface area contributed by atoms with Crippen molar-refractivity contribution in [3.8, 4) is 5.75 Å². The number of aromatic nitrogens is 1. The fourth-order valence-corrected chi connectivity index (χ4v) is 5.05. The number of rotatable bonds is 7. The van der Waals surface area contributed by atoms with E-state index in [2.05, 4.69) is 4.98 Å². The lowest BCUT2D eigenvalue weighted by molar-refractivity contribution is -0.135. The molecular weight excluding hydrogens is 468 g/mol. The summed E-state index contributed by atoms with van der Waals surface area (Å²) in [5.74, 6) is -3.35. The fourth-order valence-electron chi connectivity index (χ4n) is 4.05. The molecule has 0 saturated carbocycles. The van der Waals surface area contributed by atoms with Crippen molar-refractivity contribution in [3.63, 3.8) is 0 Å². The molecule has 180 valence electrons. The highest BCUT2D eigenvalue weighted by Gasteiger charge is 2.53. The molecule has 2 unspecified atom stereocenters. The van der Waals surface area contributed by atoms with E-state index in [9.17, 15) is 19.2 Å². The first-order chi connectivity index (χ1) is 16.8. The van der Waals surface area contributed by atoms with Gasteiger partial charge in [-0.15, -0.1) is 0 Å². The number of aryl methyl sites for hydroxylation is 2. The van der Waals surface area contributed by atoms with E-state index in [0.29, 0.717) is 22.6 Å². The highest BCUT2D eigenvalue weighted by Crippen LogP contribution is 2.43. The van der Waals surface area contributed by atoms with Crippen LogP contribution in [0, 0.1) is 19.8 Å². The SMILES string of the molecule is CCOC(=O)c1sc(N2C(=O)C(=O)C(C(=O)c3ccc(C)cc3)C2c2ccc(OC)cc2)nc1C. The van der Waals surface area contributed by atoms with Crippen LogP contribution in [0.15, 0.2) is 48.5 Å². The molecule has 4 rings (SSSR count). The van der Waals surface area contributed by atoms with E-state index in [0.717, 1.165) is 16.9 Å². The molecule has 35 heavy (non-hydrogen) atoms. The van der Waals surface area contributed by atoms with Crippen LogP contribution in [0.1, 0.15) is 49.8 Å². The number of hydrogen-bond donors (Lipinski definition) is 0. The van der Waals surface area contributed by atoms with Gasteiger partial charge in [0.15, 0.2) is 10.9 Å². The van der Waals surface area contributed by atoms with Crippen LogP contribution in [0.2, 0.25) is 0 Å². The number of thiazole rings is 1. The number of anilines is 1. The van der Waals surface area contributed by atoms with Crippen LogP contribution in [0.3, 0.4) is 0 Å². The molecule has 8 nitrogen and oxygen atoms in total. The van der Waals surface area contributed by atoms with Crippen LogP contribution >= 0.6 is 11.3 Å². The molecule has 1 fully saturated rings. The van der Waals surface area contributed by atoms with Crippen LogP contribution in [0.4, 0.5) is 5.13 Å². The predicted octanol–water partition coefficient (Wildman–Crippen LogP) is 4.10. The number of benzene rings is 2.